The Bertz CT molecular complexity index is 520. The maximum absolute atomic E-state index is 11.4. The number of benzene rings is 1. The largest absolute Gasteiger partial charge is 0.481 e. The molecule has 0 aliphatic rings. The van der Waals surface area contributed by atoms with Crippen molar-refractivity contribution in [2.75, 3.05) is 5.75 Å². The van der Waals surface area contributed by atoms with Crippen LogP contribution >= 0.6 is 11.8 Å². The number of hydrogen-bond donors (Lipinski definition) is 2. The van der Waals surface area contributed by atoms with Crippen molar-refractivity contribution < 1.29 is 19.8 Å². The van der Waals surface area contributed by atoms with E-state index < -0.39 is 17.9 Å². The molecule has 122 valence electrons. The van der Waals surface area contributed by atoms with Gasteiger partial charge in [-0.25, -0.2) is 4.79 Å². The second-order valence-corrected chi connectivity index (χ2v) is 8.27. The molecule has 1 aromatic carbocycles. The van der Waals surface area contributed by atoms with Crippen LogP contribution in [0, 0.1) is 5.92 Å². The summed E-state index contributed by atoms with van der Waals surface area (Å²) in [4.78, 5) is 22.3. The molecule has 0 saturated carbocycles. The highest BCUT2D eigenvalue weighted by Crippen LogP contribution is 2.25. The van der Waals surface area contributed by atoms with Gasteiger partial charge in [0.05, 0.1) is 11.5 Å². The van der Waals surface area contributed by atoms with Gasteiger partial charge in [0.25, 0.3) is 0 Å². The lowest BCUT2D eigenvalue weighted by molar-refractivity contribution is -0.141. The van der Waals surface area contributed by atoms with E-state index in [-0.39, 0.29) is 10.3 Å². The summed E-state index contributed by atoms with van der Waals surface area (Å²) in [5.41, 5.74) is 0.959. The number of hydrogen-bond acceptors (Lipinski definition) is 3. The van der Waals surface area contributed by atoms with Gasteiger partial charge in [0.15, 0.2) is 0 Å². The fourth-order valence-corrected chi connectivity index (χ4v) is 3.06. The third-order valence-corrected chi connectivity index (χ3v) is 4.60. The molecular formula is C17H24O4S. The molecule has 0 heterocycles. The van der Waals surface area contributed by atoms with Crippen LogP contribution in [0.5, 0.6) is 0 Å². The number of rotatable bonds is 8. The molecule has 22 heavy (non-hydrogen) atoms. The van der Waals surface area contributed by atoms with Gasteiger partial charge in [0, 0.05) is 4.75 Å². The molecule has 0 bridgehead atoms. The van der Waals surface area contributed by atoms with Crippen LogP contribution in [0.1, 0.15) is 49.5 Å². The van der Waals surface area contributed by atoms with E-state index in [0.717, 1.165) is 17.7 Å². The van der Waals surface area contributed by atoms with Gasteiger partial charge in [-0.15, -0.1) is 0 Å². The molecule has 1 rings (SSSR count). The number of thioether (sulfide) groups is 1. The molecule has 0 aliphatic carbocycles. The van der Waals surface area contributed by atoms with Gasteiger partial charge in [-0.05, 0) is 42.7 Å². The van der Waals surface area contributed by atoms with Crippen LogP contribution in [0.3, 0.4) is 0 Å². The second kappa shape index (κ2) is 8.22. The zero-order chi connectivity index (χ0) is 16.8. The van der Waals surface area contributed by atoms with Gasteiger partial charge in [-0.1, -0.05) is 32.9 Å². The van der Waals surface area contributed by atoms with Gasteiger partial charge >= 0.3 is 11.9 Å². The maximum Gasteiger partial charge on any atom is 0.335 e. The summed E-state index contributed by atoms with van der Waals surface area (Å²) >= 11 is 1.83. The lowest BCUT2D eigenvalue weighted by atomic mass is 9.94. The molecule has 0 aromatic heterocycles. The molecule has 1 aromatic rings. The minimum atomic E-state index is -0.990. The van der Waals surface area contributed by atoms with Crippen molar-refractivity contribution in [2.24, 2.45) is 5.92 Å². The summed E-state index contributed by atoms with van der Waals surface area (Å²) in [6.45, 7) is 6.43. The van der Waals surface area contributed by atoms with Crippen molar-refractivity contribution in [3.8, 4) is 0 Å². The van der Waals surface area contributed by atoms with Gasteiger partial charge < -0.3 is 10.2 Å². The molecule has 0 amide bonds. The third kappa shape index (κ3) is 6.98. The number of aromatic carboxylic acids is 1. The maximum atomic E-state index is 11.4. The van der Waals surface area contributed by atoms with Crippen molar-refractivity contribution in [1.29, 1.82) is 0 Å². The summed E-state index contributed by atoms with van der Waals surface area (Å²) in [6, 6.07) is 6.52. The molecule has 1 atom stereocenters. The Morgan fingerprint density at radius 2 is 1.91 bits per heavy atom. The normalized spacial score (nSPS) is 12.9. The van der Waals surface area contributed by atoms with E-state index in [2.05, 4.69) is 20.8 Å². The minimum absolute atomic E-state index is 0.189. The quantitative estimate of drug-likeness (QED) is 0.708. The first-order valence-electron chi connectivity index (χ1n) is 7.38. The van der Waals surface area contributed by atoms with E-state index in [1.165, 1.54) is 6.07 Å². The molecule has 0 fully saturated rings. The average molecular weight is 324 g/mol. The summed E-state index contributed by atoms with van der Waals surface area (Å²) in [6.07, 6.45) is 1.82. The van der Waals surface area contributed by atoms with Crippen LogP contribution in [0.2, 0.25) is 0 Å². The number of carbonyl (C=O) groups is 2. The van der Waals surface area contributed by atoms with Crippen LogP contribution < -0.4 is 0 Å². The zero-order valence-electron chi connectivity index (χ0n) is 13.3. The number of carboxylic acid groups (broad SMARTS) is 2. The standard InChI is InChI=1S/C17H24O4S/c1-17(2,3)22-9-5-8-14(16(20)21)11-12-6-4-7-13(10-12)15(18)19/h4,6-7,10,14H,5,8-9,11H2,1-3H3,(H,18,19)(H,20,21). The van der Waals surface area contributed by atoms with E-state index in [9.17, 15) is 14.7 Å². The Labute approximate surface area is 135 Å². The first-order valence-corrected chi connectivity index (χ1v) is 8.36. The molecule has 5 heteroatoms. The minimum Gasteiger partial charge on any atom is -0.481 e. The van der Waals surface area contributed by atoms with E-state index in [1.54, 1.807) is 18.2 Å². The zero-order valence-corrected chi connectivity index (χ0v) is 14.2. The lowest BCUT2D eigenvalue weighted by Gasteiger charge is -2.18. The molecule has 0 aliphatic heterocycles. The van der Waals surface area contributed by atoms with Crippen LogP contribution in [-0.2, 0) is 11.2 Å². The average Bonchev–Trinajstić information content (AvgIpc) is 2.41. The van der Waals surface area contributed by atoms with E-state index in [1.807, 2.05) is 11.8 Å². The Kier molecular flexibility index (Phi) is 6.94. The molecule has 1 unspecified atom stereocenters. The first kappa shape index (κ1) is 18.6. The Balaban J connectivity index is 2.59. The van der Waals surface area contributed by atoms with Crippen molar-refractivity contribution in [1.82, 2.24) is 0 Å². The monoisotopic (exact) mass is 324 g/mol. The summed E-state index contributed by atoms with van der Waals surface area (Å²) in [5.74, 6) is -1.34. The highest BCUT2D eigenvalue weighted by molar-refractivity contribution is 8.00. The van der Waals surface area contributed by atoms with Crippen molar-refractivity contribution in [3.05, 3.63) is 35.4 Å². The SMILES string of the molecule is CC(C)(C)SCCCC(Cc1cccc(C(=O)O)c1)C(=O)O. The van der Waals surface area contributed by atoms with Crippen LogP contribution in [0.15, 0.2) is 24.3 Å². The highest BCUT2D eigenvalue weighted by atomic mass is 32.2. The second-order valence-electron chi connectivity index (χ2n) is 6.35. The predicted octanol–water partition coefficient (Wildman–Crippen LogP) is 3.94. The number of aliphatic carboxylic acids is 1. The van der Waals surface area contributed by atoms with Crippen molar-refractivity contribution >= 4 is 23.7 Å². The fourth-order valence-electron chi connectivity index (χ4n) is 2.14. The van der Waals surface area contributed by atoms with Gasteiger partial charge in [-0.2, -0.15) is 11.8 Å². The summed E-state index contributed by atoms with van der Waals surface area (Å²) in [7, 11) is 0. The Morgan fingerprint density at radius 1 is 1.23 bits per heavy atom. The van der Waals surface area contributed by atoms with Crippen molar-refractivity contribution in [3.63, 3.8) is 0 Å². The summed E-state index contributed by atoms with van der Waals surface area (Å²) in [5, 5.41) is 18.3. The van der Waals surface area contributed by atoms with Crippen LogP contribution in [0.25, 0.3) is 0 Å². The Hall–Kier alpha value is -1.49. The van der Waals surface area contributed by atoms with Crippen molar-refractivity contribution in [2.45, 2.75) is 44.8 Å². The Morgan fingerprint density at radius 3 is 2.45 bits per heavy atom. The number of carboxylic acids is 2. The smallest absolute Gasteiger partial charge is 0.335 e. The summed E-state index contributed by atoms with van der Waals surface area (Å²) < 4.78 is 0.189. The lowest BCUT2D eigenvalue weighted by Crippen LogP contribution is -2.17. The molecular weight excluding hydrogens is 300 g/mol. The van der Waals surface area contributed by atoms with E-state index >= 15 is 0 Å². The highest BCUT2D eigenvalue weighted by Gasteiger charge is 2.19. The molecule has 4 nitrogen and oxygen atoms in total. The van der Waals surface area contributed by atoms with Gasteiger partial charge in [-0.3, -0.25) is 4.79 Å². The molecule has 0 radical (unpaired) electrons. The third-order valence-electron chi connectivity index (χ3n) is 3.24. The fraction of sp³-hybridized carbons (Fsp3) is 0.529. The molecule has 0 saturated heterocycles. The van der Waals surface area contributed by atoms with E-state index in [4.69, 9.17) is 5.11 Å². The predicted molar refractivity (Wildman–Crippen MR) is 89.7 cm³/mol. The first-order chi connectivity index (χ1) is 10.2. The van der Waals surface area contributed by atoms with Gasteiger partial charge in [0.1, 0.15) is 0 Å². The topological polar surface area (TPSA) is 74.6 Å². The molecule has 2 N–H and O–H groups in total. The molecule has 0 spiro atoms. The van der Waals surface area contributed by atoms with E-state index in [0.29, 0.717) is 12.8 Å². The van der Waals surface area contributed by atoms with Gasteiger partial charge in [0.2, 0.25) is 0 Å². The van der Waals surface area contributed by atoms with Crippen LogP contribution in [-0.4, -0.2) is 32.7 Å². The van der Waals surface area contributed by atoms with Crippen LogP contribution in [0.4, 0.5) is 0 Å².